The molecule has 0 heterocycles. The van der Waals surface area contributed by atoms with Gasteiger partial charge in [-0.1, -0.05) is 39.8 Å². The molecule has 0 unspecified atom stereocenters. The number of nitrogens with one attached hydrogen (secondary N) is 1. The van der Waals surface area contributed by atoms with E-state index in [1.165, 1.54) is 22.6 Å². The summed E-state index contributed by atoms with van der Waals surface area (Å²) in [7, 11) is 0. The number of benzene rings is 1. The molecule has 0 bridgehead atoms. The molecule has 1 aromatic rings. The van der Waals surface area contributed by atoms with Crippen molar-refractivity contribution in [2.24, 2.45) is 5.41 Å². The van der Waals surface area contributed by atoms with Crippen molar-refractivity contribution >= 4 is 11.8 Å². The van der Waals surface area contributed by atoms with E-state index in [0.29, 0.717) is 5.41 Å². The molecule has 0 aliphatic rings. The molecule has 96 valence electrons. The van der Waals surface area contributed by atoms with E-state index in [0.717, 1.165) is 13.1 Å². The van der Waals surface area contributed by atoms with Gasteiger partial charge in [0.25, 0.3) is 0 Å². The zero-order chi connectivity index (χ0) is 12.7. The van der Waals surface area contributed by atoms with Crippen molar-refractivity contribution in [2.45, 2.75) is 45.6 Å². The predicted octanol–water partition coefficient (Wildman–Crippen LogP) is 4.32. The first-order chi connectivity index (χ1) is 8.01. The van der Waals surface area contributed by atoms with E-state index in [2.05, 4.69) is 57.3 Å². The van der Waals surface area contributed by atoms with Crippen molar-refractivity contribution < 1.29 is 0 Å². The van der Waals surface area contributed by atoms with Gasteiger partial charge in [0.2, 0.25) is 0 Å². The van der Waals surface area contributed by atoms with Crippen molar-refractivity contribution in [1.29, 1.82) is 0 Å². The molecule has 0 saturated heterocycles. The normalized spacial score (nSPS) is 11.8. The van der Waals surface area contributed by atoms with Crippen molar-refractivity contribution in [3.63, 3.8) is 0 Å². The van der Waals surface area contributed by atoms with E-state index in [4.69, 9.17) is 0 Å². The molecular formula is C15H25NS. The quantitative estimate of drug-likeness (QED) is 0.756. The maximum atomic E-state index is 3.36. The molecule has 0 saturated carbocycles. The lowest BCUT2D eigenvalue weighted by Crippen LogP contribution is -2.11. The summed E-state index contributed by atoms with van der Waals surface area (Å²) < 4.78 is 0. The summed E-state index contributed by atoms with van der Waals surface area (Å²) in [6, 6.07) is 8.86. The van der Waals surface area contributed by atoms with Gasteiger partial charge < -0.3 is 5.32 Å². The fourth-order valence-corrected chi connectivity index (χ4v) is 2.85. The zero-order valence-corrected chi connectivity index (χ0v) is 12.4. The number of rotatable bonds is 6. The van der Waals surface area contributed by atoms with E-state index in [1.807, 2.05) is 11.8 Å². The predicted molar refractivity (Wildman–Crippen MR) is 78.6 cm³/mol. The standard InChI is InChI=1S/C15H25NS/c1-5-16-12-13-7-6-8-14(11-13)17-10-9-15(2,3)4/h6-8,11,16H,5,9-10,12H2,1-4H3. The van der Waals surface area contributed by atoms with E-state index >= 15 is 0 Å². The number of thioether (sulfide) groups is 1. The minimum Gasteiger partial charge on any atom is -0.313 e. The monoisotopic (exact) mass is 251 g/mol. The van der Waals surface area contributed by atoms with Gasteiger partial charge in [-0.05, 0) is 41.8 Å². The van der Waals surface area contributed by atoms with Gasteiger partial charge in [0, 0.05) is 11.4 Å². The second-order valence-electron chi connectivity index (χ2n) is 5.59. The summed E-state index contributed by atoms with van der Waals surface area (Å²) in [5.41, 5.74) is 1.82. The fourth-order valence-electron chi connectivity index (χ4n) is 1.49. The fraction of sp³-hybridized carbons (Fsp3) is 0.600. The van der Waals surface area contributed by atoms with Crippen LogP contribution in [-0.4, -0.2) is 12.3 Å². The van der Waals surface area contributed by atoms with Gasteiger partial charge in [0.15, 0.2) is 0 Å². The summed E-state index contributed by atoms with van der Waals surface area (Å²) in [6.45, 7) is 11.0. The molecule has 17 heavy (non-hydrogen) atoms. The average Bonchev–Trinajstić information content (AvgIpc) is 2.25. The molecule has 0 amide bonds. The van der Waals surface area contributed by atoms with E-state index in [-0.39, 0.29) is 0 Å². The van der Waals surface area contributed by atoms with E-state index in [9.17, 15) is 0 Å². The largest absolute Gasteiger partial charge is 0.313 e. The van der Waals surface area contributed by atoms with Crippen LogP contribution < -0.4 is 5.32 Å². The Kier molecular flexibility index (Phi) is 6.07. The summed E-state index contributed by atoms with van der Waals surface area (Å²) in [5.74, 6) is 1.20. The highest BCUT2D eigenvalue weighted by molar-refractivity contribution is 7.99. The van der Waals surface area contributed by atoms with Crippen LogP contribution in [0.15, 0.2) is 29.2 Å². The Morgan fingerprint density at radius 1 is 1.24 bits per heavy atom. The third kappa shape index (κ3) is 6.75. The van der Waals surface area contributed by atoms with Crippen LogP contribution in [0.25, 0.3) is 0 Å². The lowest BCUT2D eigenvalue weighted by molar-refractivity contribution is 0.401. The summed E-state index contributed by atoms with van der Waals surface area (Å²) in [4.78, 5) is 1.39. The van der Waals surface area contributed by atoms with Gasteiger partial charge in [-0.3, -0.25) is 0 Å². The summed E-state index contributed by atoms with van der Waals surface area (Å²) >= 11 is 1.97. The van der Waals surface area contributed by atoms with Gasteiger partial charge >= 0.3 is 0 Å². The SMILES string of the molecule is CCNCc1cccc(SCCC(C)(C)C)c1. The van der Waals surface area contributed by atoms with E-state index in [1.54, 1.807) is 0 Å². The summed E-state index contributed by atoms with van der Waals surface area (Å²) in [6.07, 6.45) is 1.26. The zero-order valence-electron chi connectivity index (χ0n) is 11.5. The average molecular weight is 251 g/mol. The minimum absolute atomic E-state index is 0.439. The Bertz CT molecular complexity index is 328. The molecular weight excluding hydrogens is 226 g/mol. The molecule has 0 aliphatic carbocycles. The highest BCUT2D eigenvalue weighted by atomic mass is 32.2. The van der Waals surface area contributed by atoms with Crippen molar-refractivity contribution in [1.82, 2.24) is 5.32 Å². The molecule has 0 fully saturated rings. The minimum atomic E-state index is 0.439. The second-order valence-corrected chi connectivity index (χ2v) is 6.76. The van der Waals surface area contributed by atoms with Crippen molar-refractivity contribution in [3.05, 3.63) is 29.8 Å². The van der Waals surface area contributed by atoms with Crippen LogP contribution >= 0.6 is 11.8 Å². The third-order valence-corrected chi connectivity index (χ3v) is 3.59. The molecule has 0 spiro atoms. The van der Waals surface area contributed by atoms with Crippen molar-refractivity contribution in [3.8, 4) is 0 Å². The Balaban J connectivity index is 2.43. The Hall–Kier alpha value is -0.470. The topological polar surface area (TPSA) is 12.0 Å². The van der Waals surface area contributed by atoms with Crippen LogP contribution in [0.3, 0.4) is 0 Å². The van der Waals surface area contributed by atoms with Crippen LogP contribution in [0, 0.1) is 5.41 Å². The maximum Gasteiger partial charge on any atom is 0.0205 e. The lowest BCUT2D eigenvalue weighted by Gasteiger charge is -2.17. The number of hydrogen-bond acceptors (Lipinski definition) is 2. The first kappa shape index (κ1) is 14.6. The Morgan fingerprint density at radius 3 is 2.65 bits per heavy atom. The Morgan fingerprint density at radius 2 is 2.00 bits per heavy atom. The third-order valence-electron chi connectivity index (χ3n) is 2.60. The molecule has 0 atom stereocenters. The van der Waals surface area contributed by atoms with E-state index < -0.39 is 0 Å². The van der Waals surface area contributed by atoms with Gasteiger partial charge in [-0.25, -0.2) is 0 Å². The van der Waals surface area contributed by atoms with Gasteiger partial charge in [-0.2, -0.15) is 0 Å². The van der Waals surface area contributed by atoms with Gasteiger partial charge in [-0.15, -0.1) is 11.8 Å². The second kappa shape index (κ2) is 7.07. The molecule has 1 rings (SSSR count). The summed E-state index contributed by atoms with van der Waals surface area (Å²) in [5, 5.41) is 3.36. The molecule has 0 aromatic heterocycles. The maximum absolute atomic E-state index is 3.36. The molecule has 2 heteroatoms. The smallest absolute Gasteiger partial charge is 0.0205 e. The highest BCUT2D eigenvalue weighted by Gasteiger charge is 2.09. The molecule has 1 N–H and O–H groups in total. The lowest BCUT2D eigenvalue weighted by atomic mass is 9.94. The van der Waals surface area contributed by atoms with Gasteiger partial charge in [0.1, 0.15) is 0 Å². The molecule has 0 aliphatic heterocycles. The first-order valence-corrected chi connectivity index (χ1v) is 7.42. The molecule has 0 radical (unpaired) electrons. The van der Waals surface area contributed by atoms with Crippen LogP contribution in [-0.2, 0) is 6.54 Å². The molecule has 1 aromatic carbocycles. The molecule has 1 nitrogen and oxygen atoms in total. The van der Waals surface area contributed by atoms with Crippen LogP contribution in [0.5, 0.6) is 0 Å². The number of hydrogen-bond donors (Lipinski definition) is 1. The van der Waals surface area contributed by atoms with Crippen LogP contribution in [0.4, 0.5) is 0 Å². The highest BCUT2D eigenvalue weighted by Crippen LogP contribution is 2.26. The van der Waals surface area contributed by atoms with Crippen molar-refractivity contribution in [2.75, 3.05) is 12.3 Å². The van der Waals surface area contributed by atoms with Crippen LogP contribution in [0.2, 0.25) is 0 Å². The Labute approximate surface area is 110 Å². The van der Waals surface area contributed by atoms with Gasteiger partial charge in [0.05, 0.1) is 0 Å². The first-order valence-electron chi connectivity index (χ1n) is 6.44. The van der Waals surface area contributed by atoms with Crippen LogP contribution in [0.1, 0.15) is 39.7 Å².